The van der Waals surface area contributed by atoms with Crippen molar-refractivity contribution in [1.82, 2.24) is 9.55 Å². The molecule has 0 atom stereocenters. The van der Waals surface area contributed by atoms with E-state index in [0.29, 0.717) is 16.4 Å². The number of anilines is 1. The average Bonchev–Trinajstić information content (AvgIpc) is 2.83. The molecule has 0 spiro atoms. The molecule has 0 fully saturated rings. The number of benzene rings is 2. The maximum Gasteiger partial charge on any atom is 0.244 e. The molecule has 0 saturated carbocycles. The van der Waals surface area contributed by atoms with Crippen molar-refractivity contribution in [3.05, 3.63) is 92.9 Å². The monoisotopic (exact) mass is 523 g/mol. The standard InChI is InChI=1S/C27H26ClN3O4S/c1-16(2)19-7-10-21(11-8-19)36(34,35)24-14-31(27-22(26(24)33)12-6-18(4)29-27)15-25(32)30-20-9-5-17(3)23(28)13-20/h5-14,16H,15H2,1-4H3,(H,30,32). The van der Waals surface area contributed by atoms with Crippen molar-refractivity contribution in [2.75, 3.05) is 5.32 Å². The van der Waals surface area contributed by atoms with Crippen molar-refractivity contribution in [2.24, 2.45) is 0 Å². The van der Waals surface area contributed by atoms with Crippen LogP contribution in [0.4, 0.5) is 5.69 Å². The van der Waals surface area contributed by atoms with E-state index in [1.807, 2.05) is 20.8 Å². The van der Waals surface area contributed by atoms with Crippen molar-refractivity contribution < 1.29 is 13.2 Å². The van der Waals surface area contributed by atoms with E-state index < -0.39 is 26.1 Å². The molecule has 1 N–H and O–H groups in total. The first-order valence-corrected chi connectivity index (χ1v) is 13.3. The number of aryl methyl sites for hydroxylation is 2. The fourth-order valence-electron chi connectivity index (χ4n) is 3.83. The van der Waals surface area contributed by atoms with Crippen molar-refractivity contribution in [2.45, 2.75) is 49.9 Å². The lowest BCUT2D eigenvalue weighted by atomic mass is 10.0. The summed E-state index contributed by atoms with van der Waals surface area (Å²) >= 11 is 6.16. The van der Waals surface area contributed by atoms with Crippen LogP contribution in [-0.4, -0.2) is 23.9 Å². The van der Waals surface area contributed by atoms with Gasteiger partial charge in [-0.3, -0.25) is 9.59 Å². The largest absolute Gasteiger partial charge is 0.324 e. The van der Waals surface area contributed by atoms with Crippen molar-refractivity contribution in [1.29, 1.82) is 0 Å². The highest BCUT2D eigenvalue weighted by molar-refractivity contribution is 7.91. The minimum Gasteiger partial charge on any atom is -0.324 e. The van der Waals surface area contributed by atoms with E-state index in [2.05, 4.69) is 10.3 Å². The maximum absolute atomic E-state index is 13.5. The third-order valence-electron chi connectivity index (χ3n) is 5.94. The van der Waals surface area contributed by atoms with Crippen molar-refractivity contribution in [3.8, 4) is 0 Å². The molecule has 186 valence electrons. The first-order chi connectivity index (χ1) is 17.0. The van der Waals surface area contributed by atoms with Gasteiger partial charge < -0.3 is 9.88 Å². The highest BCUT2D eigenvalue weighted by Gasteiger charge is 2.25. The lowest BCUT2D eigenvalue weighted by Gasteiger charge is -2.14. The molecule has 0 radical (unpaired) electrons. The van der Waals surface area contributed by atoms with E-state index in [-0.39, 0.29) is 28.4 Å². The first kappa shape index (κ1) is 25.6. The van der Waals surface area contributed by atoms with Crippen molar-refractivity contribution in [3.63, 3.8) is 0 Å². The lowest BCUT2D eigenvalue weighted by molar-refractivity contribution is -0.116. The van der Waals surface area contributed by atoms with Gasteiger partial charge in [0.05, 0.1) is 10.3 Å². The Bertz CT molecular complexity index is 1640. The molecule has 2 heterocycles. The third kappa shape index (κ3) is 5.05. The van der Waals surface area contributed by atoms with Crippen LogP contribution in [0.5, 0.6) is 0 Å². The zero-order valence-corrected chi connectivity index (χ0v) is 21.9. The van der Waals surface area contributed by atoms with Crippen LogP contribution in [0.3, 0.4) is 0 Å². The minimum absolute atomic E-state index is 0.00807. The molecule has 9 heteroatoms. The molecule has 4 aromatic rings. The summed E-state index contributed by atoms with van der Waals surface area (Å²) in [6, 6.07) is 14.8. The Morgan fingerprint density at radius 1 is 1.06 bits per heavy atom. The first-order valence-electron chi connectivity index (χ1n) is 11.4. The molecule has 4 rings (SSSR count). The zero-order chi connectivity index (χ0) is 26.2. The number of nitrogens with zero attached hydrogens (tertiary/aromatic N) is 2. The van der Waals surface area contributed by atoms with Crippen LogP contribution >= 0.6 is 11.6 Å². The van der Waals surface area contributed by atoms with Crippen LogP contribution in [0, 0.1) is 13.8 Å². The molecule has 0 aliphatic heterocycles. The average molecular weight is 524 g/mol. The van der Waals surface area contributed by atoms with Gasteiger partial charge >= 0.3 is 0 Å². The summed E-state index contributed by atoms with van der Waals surface area (Å²) in [4.78, 5) is 30.2. The molecule has 0 aliphatic rings. The summed E-state index contributed by atoms with van der Waals surface area (Å²) in [5, 5.41) is 3.39. The quantitative estimate of drug-likeness (QED) is 0.371. The third-order valence-corrected chi connectivity index (χ3v) is 8.11. The summed E-state index contributed by atoms with van der Waals surface area (Å²) in [5.74, 6) is -0.191. The van der Waals surface area contributed by atoms with Gasteiger partial charge in [0, 0.05) is 22.6 Å². The van der Waals surface area contributed by atoms with E-state index in [1.54, 1.807) is 43.3 Å². The van der Waals surface area contributed by atoms with Gasteiger partial charge in [-0.15, -0.1) is 0 Å². The van der Waals surface area contributed by atoms with Crippen LogP contribution in [0.1, 0.15) is 36.6 Å². The predicted molar refractivity (Wildman–Crippen MR) is 142 cm³/mol. The Balaban J connectivity index is 1.79. The summed E-state index contributed by atoms with van der Waals surface area (Å²) in [6.07, 6.45) is 1.20. The summed E-state index contributed by atoms with van der Waals surface area (Å²) in [6.45, 7) is 7.37. The number of hydrogen-bond acceptors (Lipinski definition) is 5. The molecular weight excluding hydrogens is 498 g/mol. The second-order valence-corrected chi connectivity index (χ2v) is 11.3. The molecule has 0 aliphatic carbocycles. The number of carbonyl (C=O) groups excluding carboxylic acids is 1. The van der Waals surface area contributed by atoms with Crippen LogP contribution in [-0.2, 0) is 21.2 Å². The van der Waals surface area contributed by atoms with Crippen LogP contribution < -0.4 is 10.7 Å². The van der Waals surface area contributed by atoms with E-state index in [4.69, 9.17) is 11.6 Å². The Labute approximate surface area is 214 Å². The number of fused-ring (bicyclic) bond motifs is 1. The van der Waals surface area contributed by atoms with Crippen LogP contribution in [0.2, 0.25) is 5.02 Å². The fraction of sp³-hybridized carbons (Fsp3) is 0.222. The SMILES string of the molecule is Cc1ccc2c(=O)c(S(=O)(=O)c3ccc(C(C)C)cc3)cn(CC(=O)Nc3ccc(C)c(Cl)c3)c2n1. The maximum atomic E-state index is 13.5. The summed E-state index contributed by atoms with van der Waals surface area (Å²) < 4.78 is 28.4. The van der Waals surface area contributed by atoms with Gasteiger partial charge in [-0.2, -0.15) is 0 Å². The van der Waals surface area contributed by atoms with Gasteiger partial charge in [-0.1, -0.05) is 43.6 Å². The Morgan fingerprint density at radius 3 is 2.39 bits per heavy atom. The van der Waals surface area contributed by atoms with Gasteiger partial charge in [0.1, 0.15) is 17.1 Å². The number of halogens is 1. The van der Waals surface area contributed by atoms with E-state index in [9.17, 15) is 18.0 Å². The highest BCUT2D eigenvalue weighted by Crippen LogP contribution is 2.24. The van der Waals surface area contributed by atoms with Gasteiger partial charge in [0.2, 0.25) is 21.2 Å². The second-order valence-electron chi connectivity index (χ2n) is 9.01. The molecule has 2 aromatic carbocycles. The van der Waals surface area contributed by atoms with Gasteiger partial charge in [0.25, 0.3) is 0 Å². The van der Waals surface area contributed by atoms with Gasteiger partial charge in [-0.05, 0) is 67.3 Å². The van der Waals surface area contributed by atoms with Crippen LogP contribution in [0.25, 0.3) is 11.0 Å². The number of rotatable bonds is 6. The summed E-state index contributed by atoms with van der Waals surface area (Å²) in [5.41, 5.74) is 2.55. The molecule has 0 unspecified atom stereocenters. The topological polar surface area (TPSA) is 98.1 Å². The normalized spacial score (nSPS) is 11.7. The lowest BCUT2D eigenvalue weighted by Crippen LogP contribution is -2.24. The molecule has 0 bridgehead atoms. The van der Waals surface area contributed by atoms with Gasteiger partial charge in [0.15, 0.2) is 0 Å². The van der Waals surface area contributed by atoms with E-state index >= 15 is 0 Å². The fourth-order valence-corrected chi connectivity index (χ4v) is 5.38. The van der Waals surface area contributed by atoms with Crippen LogP contribution in [0.15, 0.2) is 75.4 Å². The molecule has 2 aromatic heterocycles. The second kappa shape index (κ2) is 9.87. The van der Waals surface area contributed by atoms with E-state index in [1.165, 1.54) is 29.0 Å². The molecule has 7 nitrogen and oxygen atoms in total. The molecular formula is C27H26ClN3O4S. The van der Waals surface area contributed by atoms with E-state index in [0.717, 1.165) is 11.1 Å². The number of aromatic nitrogens is 2. The number of sulfone groups is 1. The smallest absolute Gasteiger partial charge is 0.244 e. The Morgan fingerprint density at radius 2 is 1.75 bits per heavy atom. The molecule has 1 amide bonds. The number of hydrogen-bond donors (Lipinski definition) is 1. The predicted octanol–water partition coefficient (Wildman–Crippen LogP) is 5.26. The highest BCUT2D eigenvalue weighted by atomic mass is 35.5. The Hall–Kier alpha value is -3.49. The molecule has 0 saturated heterocycles. The summed E-state index contributed by atoms with van der Waals surface area (Å²) in [7, 11) is -4.15. The Kier molecular flexibility index (Phi) is 7.02. The number of amides is 1. The number of carbonyl (C=O) groups is 1. The zero-order valence-electron chi connectivity index (χ0n) is 20.4. The van der Waals surface area contributed by atoms with Gasteiger partial charge in [-0.25, -0.2) is 13.4 Å². The number of nitrogens with one attached hydrogen (secondary N) is 1. The number of pyridine rings is 2. The van der Waals surface area contributed by atoms with Crippen molar-refractivity contribution >= 4 is 44.1 Å². The molecule has 36 heavy (non-hydrogen) atoms. The minimum atomic E-state index is -4.15.